The van der Waals surface area contributed by atoms with Gasteiger partial charge in [0.2, 0.25) is 0 Å². The molecule has 0 radical (unpaired) electrons. The standard InChI is InChI=1S/C7H11F3Si/c8-11(9,10)7-4-5-1-2-6(7)3-5/h5-7H,1-4H2/t5-,6+,7-/m1/s1. The predicted octanol–water partition coefficient (Wildman–Crippen LogP) is 3.02. The average molecular weight is 180 g/mol. The van der Waals surface area contributed by atoms with Gasteiger partial charge < -0.3 is 0 Å². The van der Waals surface area contributed by atoms with E-state index < -0.39 is 14.6 Å². The second kappa shape index (κ2) is 2.25. The van der Waals surface area contributed by atoms with Gasteiger partial charge in [0.05, 0.1) is 0 Å². The smallest absolute Gasteiger partial charge is 0.237 e. The van der Waals surface area contributed by atoms with Crippen molar-refractivity contribution in [1.82, 2.24) is 0 Å². The molecule has 11 heavy (non-hydrogen) atoms. The zero-order valence-corrected chi connectivity index (χ0v) is 7.19. The summed E-state index contributed by atoms with van der Waals surface area (Å²) in [5, 5.41) is 0. The van der Waals surface area contributed by atoms with Crippen LogP contribution in [0, 0.1) is 11.8 Å². The van der Waals surface area contributed by atoms with Crippen LogP contribution in [0.5, 0.6) is 0 Å². The highest BCUT2D eigenvalue weighted by Crippen LogP contribution is 2.56. The summed E-state index contributed by atoms with van der Waals surface area (Å²) in [6.45, 7) is 0. The molecule has 0 heterocycles. The zero-order valence-electron chi connectivity index (χ0n) is 6.19. The van der Waals surface area contributed by atoms with E-state index in [9.17, 15) is 12.3 Å². The maximum absolute atomic E-state index is 12.4. The lowest BCUT2D eigenvalue weighted by atomic mass is 10.0. The molecule has 0 saturated heterocycles. The summed E-state index contributed by atoms with van der Waals surface area (Å²) in [4.78, 5) is 0. The minimum absolute atomic E-state index is 0.0340. The van der Waals surface area contributed by atoms with E-state index in [1.54, 1.807) is 0 Å². The van der Waals surface area contributed by atoms with Crippen LogP contribution in [0.1, 0.15) is 25.7 Å². The third-order valence-electron chi connectivity index (χ3n) is 3.16. The second-order valence-corrected chi connectivity index (χ2v) is 5.65. The van der Waals surface area contributed by atoms with E-state index >= 15 is 0 Å². The molecule has 0 aliphatic heterocycles. The number of hydrogen-bond acceptors (Lipinski definition) is 0. The predicted molar refractivity (Wildman–Crippen MR) is 38.3 cm³/mol. The van der Waals surface area contributed by atoms with Gasteiger partial charge in [-0.15, -0.1) is 0 Å². The van der Waals surface area contributed by atoms with Gasteiger partial charge in [0.25, 0.3) is 0 Å². The molecule has 2 aliphatic rings. The summed E-state index contributed by atoms with van der Waals surface area (Å²) in [6, 6.07) is 0. The Morgan fingerprint density at radius 1 is 1.00 bits per heavy atom. The van der Waals surface area contributed by atoms with Crippen molar-refractivity contribution in [2.75, 3.05) is 0 Å². The first-order chi connectivity index (χ1) is 5.07. The molecule has 4 heteroatoms. The molecule has 3 atom stereocenters. The van der Waals surface area contributed by atoms with Gasteiger partial charge in [-0.25, -0.2) is 12.3 Å². The Hall–Kier alpha value is 0.00688. The van der Waals surface area contributed by atoms with E-state index in [0.29, 0.717) is 12.3 Å². The van der Waals surface area contributed by atoms with E-state index in [0.717, 1.165) is 19.3 Å². The first-order valence-corrected chi connectivity index (χ1v) is 5.85. The third-order valence-corrected chi connectivity index (χ3v) is 4.71. The van der Waals surface area contributed by atoms with Crippen LogP contribution >= 0.6 is 0 Å². The summed E-state index contributed by atoms with van der Waals surface area (Å²) in [7, 11) is -5.28. The van der Waals surface area contributed by atoms with E-state index in [1.165, 1.54) is 0 Å². The van der Waals surface area contributed by atoms with Gasteiger partial charge in [-0.2, -0.15) is 0 Å². The van der Waals surface area contributed by atoms with Crippen LogP contribution in [-0.4, -0.2) is 9.08 Å². The molecule has 64 valence electrons. The van der Waals surface area contributed by atoms with E-state index in [2.05, 4.69) is 0 Å². The summed E-state index contributed by atoms with van der Waals surface area (Å²) < 4.78 is 37.1. The third kappa shape index (κ3) is 1.21. The molecule has 0 amide bonds. The Morgan fingerprint density at radius 2 is 1.73 bits per heavy atom. The summed E-state index contributed by atoms with van der Waals surface area (Å²) >= 11 is 0. The molecule has 0 aromatic heterocycles. The van der Waals surface area contributed by atoms with Crippen molar-refractivity contribution in [3.8, 4) is 0 Å². The molecule has 0 N–H and O–H groups in total. The Bertz CT molecular complexity index is 166. The molecule has 0 spiro atoms. The normalized spacial score (nSPS) is 43.4. The van der Waals surface area contributed by atoms with Crippen molar-refractivity contribution < 1.29 is 12.3 Å². The maximum atomic E-state index is 12.4. The van der Waals surface area contributed by atoms with Gasteiger partial charge in [-0.1, -0.05) is 6.42 Å². The molecule has 2 bridgehead atoms. The summed E-state index contributed by atoms with van der Waals surface area (Å²) in [5.41, 5.74) is -0.818. The molecule has 0 nitrogen and oxygen atoms in total. The SMILES string of the molecule is F[Si](F)(F)[C@@H]1C[C@@H]2CC[C@H]1C2. The number of hydrogen-bond donors (Lipinski definition) is 0. The monoisotopic (exact) mass is 180 g/mol. The van der Waals surface area contributed by atoms with Gasteiger partial charge in [0.15, 0.2) is 0 Å². The average Bonchev–Trinajstić information content (AvgIpc) is 2.42. The van der Waals surface area contributed by atoms with Gasteiger partial charge in [0, 0.05) is 5.54 Å². The lowest BCUT2D eigenvalue weighted by Gasteiger charge is -2.21. The van der Waals surface area contributed by atoms with Gasteiger partial charge in [-0.05, 0) is 31.1 Å². The van der Waals surface area contributed by atoms with Crippen molar-refractivity contribution in [1.29, 1.82) is 0 Å². The fourth-order valence-electron chi connectivity index (χ4n) is 2.65. The highest BCUT2D eigenvalue weighted by molar-refractivity contribution is 6.60. The van der Waals surface area contributed by atoms with Crippen LogP contribution in [-0.2, 0) is 0 Å². The highest BCUT2D eigenvalue weighted by Gasteiger charge is 2.56. The molecule has 2 saturated carbocycles. The minimum atomic E-state index is -5.28. The van der Waals surface area contributed by atoms with E-state index in [4.69, 9.17) is 0 Å². The van der Waals surface area contributed by atoms with Crippen LogP contribution < -0.4 is 0 Å². The lowest BCUT2D eigenvalue weighted by Crippen LogP contribution is -2.28. The van der Waals surface area contributed by atoms with Crippen LogP contribution in [0.2, 0.25) is 5.54 Å². The van der Waals surface area contributed by atoms with Gasteiger partial charge in [-0.3, -0.25) is 0 Å². The molecular weight excluding hydrogens is 169 g/mol. The maximum Gasteiger partial charge on any atom is 0.619 e. The van der Waals surface area contributed by atoms with Crippen molar-refractivity contribution in [3.05, 3.63) is 0 Å². The van der Waals surface area contributed by atoms with Crippen molar-refractivity contribution in [3.63, 3.8) is 0 Å². The zero-order chi connectivity index (χ0) is 8.06. The topological polar surface area (TPSA) is 0 Å². The molecule has 2 aliphatic carbocycles. The largest absolute Gasteiger partial charge is 0.619 e. The summed E-state index contributed by atoms with van der Waals surface area (Å²) in [5.74, 6) is 0.464. The first-order valence-electron chi connectivity index (χ1n) is 4.14. The number of fused-ring (bicyclic) bond motifs is 2. The van der Waals surface area contributed by atoms with Crippen LogP contribution in [0.25, 0.3) is 0 Å². The molecular formula is C7H11F3Si. The molecule has 2 rings (SSSR count). The van der Waals surface area contributed by atoms with Crippen LogP contribution in [0.3, 0.4) is 0 Å². The van der Waals surface area contributed by atoms with E-state index in [-0.39, 0.29) is 5.92 Å². The van der Waals surface area contributed by atoms with Gasteiger partial charge in [0.1, 0.15) is 0 Å². The fourth-order valence-corrected chi connectivity index (χ4v) is 4.08. The number of halogens is 3. The fraction of sp³-hybridized carbons (Fsp3) is 1.00. The second-order valence-electron chi connectivity index (χ2n) is 3.82. The summed E-state index contributed by atoms with van der Waals surface area (Å²) in [6.07, 6.45) is 3.26. The Kier molecular flexibility index (Phi) is 1.56. The van der Waals surface area contributed by atoms with Crippen molar-refractivity contribution in [2.24, 2.45) is 11.8 Å². The number of rotatable bonds is 1. The minimum Gasteiger partial charge on any atom is -0.237 e. The van der Waals surface area contributed by atoms with Crippen LogP contribution in [0.15, 0.2) is 0 Å². The highest BCUT2D eigenvalue weighted by atomic mass is 28.5. The van der Waals surface area contributed by atoms with E-state index in [1.807, 2.05) is 0 Å². The van der Waals surface area contributed by atoms with Crippen molar-refractivity contribution >= 4 is 9.08 Å². The quantitative estimate of drug-likeness (QED) is 0.430. The Labute approximate surface area is 65.3 Å². The Morgan fingerprint density at radius 3 is 2.00 bits per heavy atom. The Balaban J connectivity index is 2.08. The molecule has 0 aromatic carbocycles. The first kappa shape index (κ1) is 7.65. The van der Waals surface area contributed by atoms with Crippen molar-refractivity contribution in [2.45, 2.75) is 31.2 Å². The molecule has 2 fully saturated rings. The molecule has 0 aromatic rings. The molecule has 0 unspecified atom stereocenters. The lowest BCUT2D eigenvalue weighted by molar-refractivity contribution is 0.361. The van der Waals surface area contributed by atoms with Gasteiger partial charge >= 0.3 is 9.08 Å². The van der Waals surface area contributed by atoms with Crippen LogP contribution in [0.4, 0.5) is 12.3 Å².